The Labute approximate surface area is 93.9 Å². The van der Waals surface area contributed by atoms with Gasteiger partial charge in [-0.3, -0.25) is 0 Å². The smallest absolute Gasteiger partial charge is 0.130 e. The predicted octanol–water partition coefficient (Wildman–Crippen LogP) is 3.79. The van der Waals surface area contributed by atoms with Crippen molar-refractivity contribution in [2.45, 2.75) is 10.2 Å². The lowest BCUT2D eigenvalue weighted by Gasteiger charge is -1.95. The van der Waals surface area contributed by atoms with Crippen LogP contribution in [0.3, 0.4) is 0 Å². The lowest BCUT2D eigenvalue weighted by Crippen LogP contribution is -1.68. The molecule has 1 heterocycles. The molecule has 2 rings (SSSR count). The number of hydrogen-bond donors (Lipinski definition) is 2. The van der Waals surface area contributed by atoms with E-state index in [1.54, 1.807) is 17.4 Å². The molecule has 1 nitrogen and oxygen atoms in total. The Hall–Kier alpha value is -0.190. The molecular formula is C9H7BrOS2. The van der Waals surface area contributed by atoms with Gasteiger partial charge in [-0.15, -0.1) is 24.0 Å². The Morgan fingerprint density at radius 3 is 2.85 bits per heavy atom. The summed E-state index contributed by atoms with van der Waals surface area (Å²) in [5.74, 6) is 0.249. The molecule has 1 aromatic carbocycles. The fraction of sp³-hybridized carbons (Fsp3) is 0.111. The first-order valence-corrected chi connectivity index (χ1v) is 6.09. The van der Waals surface area contributed by atoms with Crippen molar-refractivity contribution in [3.63, 3.8) is 0 Å². The van der Waals surface area contributed by atoms with Crippen LogP contribution in [0.25, 0.3) is 10.1 Å². The highest BCUT2D eigenvalue weighted by atomic mass is 79.9. The van der Waals surface area contributed by atoms with E-state index in [1.807, 2.05) is 6.07 Å². The highest BCUT2D eigenvalue weighted by molar-refractivity contribution is 9.08. The maximum atomic E-state index is 9.42. The van der Waals surface area contributed by atoms with Crippen LogP contribution in [0, 0.1) is 0 Å². The third-order valence-corrected chi connectivity index (χ3v) is 4.23. The van der Waals surface area contributed by atoms with E-state index in [9.17, 15) is 5.11 Å². The largest absolute Gasteiger partial charge is 0.507 e. The first kappa shape index (κ1) is 9.37. The second kappa shape index (κ2) is 3.52. The number of alkyl halides is 1. The second-order valence-corrected chi connectivity index (χ2v) is 4.94. The summed E-state index contributed by atoms with van der Waals surface area (Å²) in [7, 11) is 0. The van der Waals surface area contributed by atoms with Gasteiger partial charge in [-0.05, 0) is 23.6 Å². The molecule has 0 bridgehead atoms. The van der Waals surface area contributed by atoms with Gasteiger partial charge in [0.2, 0.25) is 0 Å². The van der Waals surface area contributed by atoms with E-state index >= 15 is 0 Å². The Balaban J connectivity index is 2.70. The lowest BCUT2D eigenvalue weighted by atomic mass is 10.2. The second-order valence-electron chi connectivity index (χ2n) is 2.73. The average Bonchev–Trinajstić information content (AvgIpc) is 2.48. The van der Waals surface area contributed by atoms with Gasteiger partial charge in [-0.1, -0.05) is 15.9 Å². The number of thiophene rings is 1. The summed E-state index contributed by atoms with van der Waals surface area (Å²) in [6.45, 7) is 0. The monoisotopic (exact) mass is 274 g/mol. The van der Waals surface area contributed by atoms with Crippen LogP contribution in [0.4, 0.5) is 0 Å². The minimum absolute atomic E-state index is 0.249. The number of aromatic hydroxyl groups is 1. The van der Waals surface area contributed by atoms with E-state index in [-0.39, 0.29) is 5.75 Å². The van der Waals surface area contributed by atoms with E-state index in [0.29, 0.717) is 4.90 Å². The van der Waals surface area contributed by atoms with Gasteiger partial charge >= 0.3 is 0 Å². The molecule has 0 atom stereocenters. The zero-order chi connectivity index (χ0) is 9.42. The molecule has 13 heavy (non-hydrogen) atoms. The molecular weight excluding hydrogens is 268 g/mol. The van der Waals surface area contributed by atoms with E-state index in [0.717, 1.165) is 15.4 Å². The van der Waals surface area contributed by atoms with Gasteiger partial charge in [-0.2, -0.15) is 0 Å². The highest BCUT2D eigenvalue weighted by Gasteiger charge is 2.04. The molecule has 0 aliphatic rings. The number of thiol groups is 1. The van der Waals surface area contributed by atoms with Gasteiger partial charge in [0, 0.05) is 19.8 Å². The number of phenolic OH excluding ortho intramolecular Hbond substituents is 1. The molecule has 1 aromatic heterocycles. The summed E-state index contributed by atoms with van der Waals surface area (Å²) in [4.78, 5) is 1.89. The minimum atomic E-state index is 0.249. The summed E-state index contributed by atoms with van der Waals surface area (Å²) in [5, 5.41) is 11.4. The van der Waals surface area contributed by atoms with Crippen LogP contribution in [0.5, 0.6) is 5.75 Å². The van der Waals surface area contributed by atoms with Crippen molar-refractivity contribution >= 4 is 50.0 Å². The van der Waals surface area contributed by atoms with Crippen molar-refractivity contribution in [1.82, 2.24) is 0 Å². The summed E-state index contributed by atoms with van der Waals surface area (Å²) < 4.78 is 1.10. The van der Waals surface area contributed by atoms with Crippen LogP contribution in [0.15, 0.2) is 23.1 Å². The quantitative estimate of drug-likeness (QED) is 0.599. The van der Waals surface area contributed by atoms with Crippen molar-refractivity contribution in [1.29, 1.82) is 0 Å². The standard InChI is InChI=1S/C9H7BrOS2/c10-4-6-1-5-2-8(12)7(11)3-9(5)13-6/h1-3,11-12H,4H2. The molecule has 0 radical (unpaired) electrons. The number of fused-ring (bicyclic) bond motifs is 1. The minimum Gasteiger partial charge on any atom is -0.507 e. The first-order valence-electron chi connectivity index (χ1n) is 3.71. The average molecular weight is 275 g/mol. The number of rotatable bonds is 1. The van der Waals surface area contributed by atoms with Gasteiger partial charge in [0.1, 0.15) is 5.75 Å². The fourth-order valence-electron chi connectivity index (χ4n) is 1.18. The van der Waals surface area contributed by atoms with Gasteiger partial charge < -0.3 is 5.11 Å². The zero-order valence-electron chi connectivity index (χ0n) is 6.62. The number of hydrogen-bond acceptors (Lipinski definition) is 3. The van der Waals surface area contributed by atoms with Gasteiger partial charge in [-0.25, -0.2) is 0 Å². The zero-order valence-corrected chi connectivity index (χ0v) is 9.92. The van der Waals surface area contributed by atoms with Crippen LogP contribution >= 0.6 is 39.9 Å². The molecule has 0 aliphatic heterocycles. The van der Waals surface area contributed by atoms with E-state index in [2.05, 4.69) is 34.6 Å². The Morgan fingerprint density at radius 2 is 2.15 bits per heavy atom. The molecule has 0 unspecified atom stereocenters. The maximum Gasteiger partial charge on any atom is 0.130 e. The van der Waals surface area contributed by atoms with Crippen molar-refractivity contribution in [3.8, 4) is 5.75 Å². The van der Waals surface area contributed by atoms with E-state index in [1.165, 1.54) is 4.88 Å². The molecule has 0 spiro atoms. The molecule has 0 saturated heterocycles. The van der Waals surface area contributed by atoms with Crippen molar-refractivity contribution in [2.24, 2.45) is 0 Å². The molecule has 2 aromatic rings. The topological polar surface area (TPSA) is 20.2 Å². The number of benzene rings is 1. The van der Waals surface area contributed by atoms with Crippen LogP contribution in [-0.2, 0) is 5.33 Å². The summed E-state index contributed by atoms with van der Waals surface area (Å²) in [5.41, 5.74) is 0. The molecule has 0 amide bonds. The third kappa shape index (κ3) is 1.71. The Kier molecular flexibility index (Phi) is 2.53. The summed E-state index contributed by atoms with van der Waals surface area (Å²) in [6, 6.07) is 5.75. The number of phenols is 1. The number of halogens is 1. The SMILES string of the molecule is Oc1cc2sc(CBr)cc2cc1S. The molecule has 0 saturated carbocycles. The van der Waals surface area contributed by atoms with Gasteiger partial charge in [0.15, 0.2) is 0 Å². The van der Waals surface area contributed by atoms with Crippen LogP contribution in [0.1, 0.15) is 4.88 Å². The third-order valence-electron chi connectivity index (χ3n) is 1.80. The fourth-order valence-corrected chi connectivity index (χ4v) is 2.82. The Bertz CT molecular complexity index is 411. The van der Waals surface area contributed by atoms with Crippen LogP contribution in [0.2, 0.25) is 0 Å². The molecule has 1 N–H and O–H groups in total. The molecule has 4 heteroatoms. The summed E-state index contributed by atoms with van der Waals surface area (Å²) >= 11 is 9.24. The molecule has 68 valence electrons. The van der Waals surface area contributed by atoms with E-state index in [4.69, 9.17) is 0 Å². The highest BCUT2D eigenvalue weighted by Crippen LogP contribution is 2.33. The Morgan fingerprint density at radius 1 is 1.38 bits per heavy atom. The van der Waals surface area contributed by atoms with Crippen molar-refractivity contribution < 1.29 is 5.11 Å². The normalized spacial score (nSPS) is 10.9. The lowest BCUT2D eigenvalue weighted by molar-refractivity contribution is 0.464. The van der Waals surface area contributed by atoms with E-state index < -0.39 is 0 Å². The molecule has 0 aliphatic carbocycles. The summed E-state index contributed by atoms with van der Waals surface area (Å²) in [6.07, 6.45) is 0. The van der Waals surface area contributed by atoms with Crippen molar-refractivity contribution in [3.05, 3.63) is 23.1 Å². The first-order chi connectivity index (χ1) is 6.20. The van der Waals surface area contributed by atoms with Crippen LogP contribution < -0.4 is 0 Å². The maximum absolute atomic E-state index is 9.42. The van der Waals surface area contributed by atoms with Crippen molar-refractivity contribution in [2.75, 3.05) is 0 Å². The van der Waals surface area contributed by atoms with Crippen LogP contribution in [-0.4, -0.2) is 5.11 Å². The van der Waals surface area contributed by atoms with Gasteiger partial charge in [0.05, 0.1) is 0 Å². The van der Waals surface area contributed by atoms with Gasteiger partial charge in [0.25, 0.3) is 0 Å². The molecule has 0 fully saturated rings. The predicted molar refractivity (Wildman–Crippen MR) is 63.4 cm³/mol.